The van der Waals surface area contributed by atoms with Crippen LogP contribution >= 0.6 is 0 Å². The molecule has 1 spiro atoms. The second kappa shape index (κ2) is 6.30. The van der Waals surface area contributed by atoms with Gasteiger partial charge < -0.3 is 14.8 Å². The van der Waals surface area contributed by atoms with Gasteiger partial charge in [0, 0.05) is 31.0 Å². The van der Waals surface area contributed by atoms with Gasteiger partial charge in [-0.2, -0.15) is 0 Å². The van der Waals surface area contributed by atoms with E-state index in [1.54, 1.807) is 0 Å². The summed E-state index contributed by atoms with van der Waals surface area (Å²) in [7, 11) is 0. The highest BCUT2D eigenvalue weighted by molar-refractivity contribution is 4.98. The van der Waals surface area contributed by atoms with Gasteiger partial charge in [0.25, 0.3) is 0 Å². The molecule has 4 heteroatoms. The molecule has 2 heterocycles. The molecule has 1 saturated carbocycles. The summed E-state index contributed by atoms with van der Waals surface area (Å²) in [4.78, 5) is 2.72. The molecule has 3 aliphatic rings. The zero-order chi connectivity index (χ0) is 14.0. The topological polar surface area (TPSA) is 33.7 Å². The first kappa shape index (κ1) is 14.8. The molecule has 3 rings (SSSR count). The van der Waals surface area contributed by atoms with Gasteiger partial charge in [-0.3, -0.25) is 4.90 Å². The summed E-state index contributed by atoms with van der Waals surface area (Å²) in [6.45, 7) is 8.44. The van der Waals surface area contributed by atoms with E-state index in [-0.39, 0.29) is 5.79 Å². The maximum absolute atomic E-state index is 5.99. The van der Waals surface area contributed by atoms with Crippen molar-refractivity contribution in [3.8, 4) is 0 Å². The second-order valence-corrected chi connectivity index (χ2v) is 6.66. The van der Waals surface area contributed by atoms with E-state index < -0.39 is 0 Å². The largest absolute Gasteiger partial charge is 0.347 e. The highest BCUT2D eigenvalue weighted by atomic mass is 16.7. The van der Waals surface area contributed by atoms with E-state index in [0.29, 0.717) is 18.1 Å². The van der Waals surface area contributed by atoms with Gasteiger partial charge in [0.15, 0.2) is 5.79 Å². The Balaban J connectivity index is 1.74. The normalized spacial score (nSPS) is 38.4. The lowest BCUT2D eigenvalue weighted by Gasteiger charge is -2.49. The van der Waals surface area contributed by atoms with Crippen molar-refractivity contribution in [1.29, 1.82) is 0 Å². The van der Waals surface area contributed by atoms with Gasteiger partial charge in [-0.15, -0.1) is 0 Å². The molecule has 4 nitrogen and oxygen atoms in total. The average Bonchev–Trinajstić information content (AvgIpc) is 2.90. The maximum atomic E-state index is 5.99. The second-order valence-electron chi connectivity index (χ2n) is 6.66. The number of nitrogens with zero attached hydrogens (tertiary/aromatic N) is 1. The minimum Gasteiger partial charge on any atom is -0.347 e. The minimum atomic E-state index is -0.270. The number of hydrogen-bond donors (Lipinski definition) is 1. The van der Waals surface area contributed by atoms with Crippen molar-refractivity contribution in [3.05, 3.63) is 0 Å². The number of likely N-dealkylation sites (N-methyl/N-ethyl adjacent to an activating group) is 1. The Morgan fingerprint density at radius 2 is 2.00 bits per heavy atom. The summed E-state index contributed by atoms with van der Waals surface area (Å²) in [5, 5.41) is 3.71. The van der Waals surface area contributed by atoms with Crippen molar-refractivity contribution in [2.75, 3.05) is 26.3 Å². The number of nitrogens with one attached hydrogen (secondary N) is 1. The monoisotopic (exact) mass is 282 g/mol. The average molecular weight is 282 g/mol. The Bertz CT molecular complexity index is 318. The van der Waals surface area contributed by atoms with Crippen molar-refractivity contribution < 1.29 is 9.47 Å². The molecule has 3 fully saturated rings. The van der Waals surface area contributed by atoms with Gasteiger partial charge in [0.2, 0.25) is 0 Å². The van der Waals surface area contributed by atoms with Gasteiger partial charge in [0.05, 0.1) is 13.2 Å². The number of piperidine rings is 1. The lowest BCUT2D eigenvalue weighted by molar-refractivity contribution is -0.196. The lowest BCUT2D eigenvalue weighted by Crippen LogP contribution is -2.60. The van der Waals surface area contributed by atoms with E-state index >= 15 is 0 Å². The third-order valence-corrected chi connectivity index (χ3v) is 5.38. The highest BCUT2D eigenvalue weighted by Gasteiger charge is 2.47. The predicted molar refractivity (Wildman–Crippen MR) is 79.8 cm³/mol. The van der Waals surface area contributed by atoms with Gasteiger partial charge in [-0.25, -0.2) is 0 Å². The number of hydrogen-bond acceptors (Lipinski definition) is 4. The van der Waals surface area contributed by atoms with Crippen LogP contribution in [0.4, 0.5) is 0 Å². The third kappa shape index (κ3) is 2.89. The zero-order valence-electron chi connectivity index (χ0n) is 13.1. The summed E-state index contributed by atoms with van der Waals surface area (Å²) in [5.74, 6) is -0.270. The van der Waals surface area contributed by atoms with Gasteiger partial charge in [-0.05, 0) is 39.3 Å². The quantitative estimate of drug-likeness (QED) is 0.860. The van der Waals surface area contributed by atoms with Gasteiger partial charge >= 0.3 is 0 Å². The number of likely N-dealkylation sites (tertiary alicyclic amines) is 1. The molecule has 0 bridgehead atoms. The summed E-state index contributed by atoms with van der Waals surface area (Å²) in [6, 6.07) is 1.86. The van der Waals surface area contributed by atoms with Crippen LogP contribution in [0.5, 0.6) is 0 Å². The molecular formula is C16H30N2O2. The molecule has 2 aliphatic heterocycles. The van der Waals surface area contributed by atoms with E-state index in [2.05, 4.69) is 24.1 Å². The van der Waals surface area contributed by atoms with Crippen molar-refractivity contribution in [2.24, 2.45) is 0 Å². The van der Waals surface area contributed by atoms with Crippen LogP contribution in [-0.2, 0) is 9.47 Å². The molecule has 0 aromatic heterocycles. The number of rotatable bonds is 3. The Morgan fingerprint density at radius 1 is 1.20 bits per heavy atom. The molecular weight excluding hydrogens is 252 g/mol. The van der Waals surface area contributed by atoms with Crippen molar-refractivity contribution >= 4 is 0 Å². The maximum Gasteiger partial charge on any atom is 0.170 e. The fourth-order valence-corrected chi connectivity index (χ4v) is 4.35. The Labute approximate surface area is 123 Å². The molecule has 0 aromatic rings. The first-order chi connectivity index (χ1) is 9.74. The zero-order valence-corrected chi connectivity index (χ0v) is 13.1. The smallest absolute Gasteiger partial charge is 0.170 e. The van der Waals surface area contributed by atoms with E-state index in [0.717, 1.165) is 32.6 Å². The van der Waals surface area contributed by atoms with Crippen LogP contribution < -0.4 is 5.32 Å². The van der Waals surface area contributed by atoms with Crippen LogP contribution in [0, 0.1) is 0 Å². The number of ether oxygens (including phenoxy) is 2. The molecule has 116 valence electrons. The molecule has 0 aromatic carbocycles. The lowest BCUT2D eigenvalue weighted by atomic mass is 9.83. The minimum absolute atomic E-state index is 0.270. The van der Waals surface area contributed by atoms with Crippen molar-refractivity contribution in [3.63, 3.8) is 0 Å². The summed E-state index contributed by atoms with van der Waals surface area (Å²) in [5.41, 5.74) is 0. The van der Waals surface area contributed by atoms with Crippen LogP contribution in [0.25, 0.3) is 0 Å². The third-order valence-electron chi connectivity index (χ3n) is 5.38. The fraction of sp³-hybridized carbons (Fsp3) is 1.00. The Hall–Kier alpha value is -0.160. The van der Waals surface area contributed by atoms with Crippen LogP contribution in [0.1, 0.15) is 52.4 Å². The molecule has 1 N–H and O–H groups in total. The Morgan fingerprint density at radius 3 is 2.70 bits per heavy atom. The molecule has 1 aliphatic carbocycles. The predicted octanol–water partition coefficient (Wildman–Crippen LogP) is 2.13. The standard InChI is InChI=1S/C16H30N2O2/c1-3-17-14-7-8-16(19-10-11-20-16)12-15(14)18-9-5-4-6-13(18)2/h13-15,17H,3-12H2,1-2H3. The highest BCUT2D eigenvalue weighted by Crippen LogP contribution is 2.39. The summed E-state index contributed by atoms with van der Waals surface area (Å²) in [6.07, 6.45) is 7.31. The van der Waals surface area contributed by atoms with Crippen LogP contribution in [-0.4, -0.2) is 55.1 Å². The molecule has 0 radical (unpaired) electrons. The van der Waals surface area contributed by atoms with Crippen molar-refractivity contribution in [2.45, 2.75) is 76.3 Å². The molecule has 0 amide bonds. The van der Waals surface area contributed by atoms with E-state index in [1.165, 1.54) is 32.2 Å². The van der Waals surface area contributed by atoms with Crippen LogP contribution in [0.15, 0.2) is 0 Å². The van der Waals surface area contributed by atoms with Gasteiger partial charge in [-0.1, -0.05) is 13.3 Å². The summed E-state index contributed by atoms with van der Waals surface area (Å²) < 4.78 is 12.0. The van der Waals surface area contributed by atoms with E-state index in [4.69, 9.17) is 9.47 Å². The first-order valence-electron chi connectivity index (χ1n) is 8.51. The fourth-order valence-electron chi connectivity index (χ4n) is 4.35. The molecule has 3 atom stereocenters. The summed E-state index contributed by atoms with van der Waals surface area (Å²) >= 11 is 0. The SMILES string of the molecule is CCNC1CCC2(CC1N1CCCCC1C)OCCO2. The van der Waals surface area contributed by atoms with E-state index in [9.17, 15) is 0 Å². The van der Waals surface area contributed by atoms with Crippen LogP contribution in [0.3, 0.4) is 0 Å². The van der Waals surface area contributed by atoms with Crippen molar-refractivity contribution in [1.82, 2.24) is 10.2 Å². The first-order valence-corrected chi connectivity index (χ1v) is 8.51. The molecule has 2 saturated heterocycles. The molecule has 3 unspecified atom stereocenters. The Kier molecular flexibility index (Phi) is 4.65. The van der Waals surface area contributed by atoms with E-state index in [1.807, 2.05) is 0 Å². The van der Waals surface area contributed by atoms with Crippen LogP contribution in [0.2, 0.25) is 0 Å². The van der Waals surface area contributed by atoms with Gasteiger partial charge in [0.1, 0.15) is 0 Å². The molecule has 20 heavy (non-hydrogen) atoms.